The van der Waals surface area contributed by atoms with Crippen LogP contribution in [-0.4, -0.2) is 19.7 Å². The molecule has 0 aromatic carbocycles. The second kappa shape index (κ2) is 6.36. The van der Waals surface area contributed by atoms with E-state index in [-0.39, 0.29) is 18.9 Å². The highest BCUT2D eigenvalue weighted by Gasteiger charge is 2.43. The highest BCUT2D eigenvalue weighted by molar-refractivity contribution is 7.91. The van der Waals surface area contributed by atoms with Crippen molar-refractivity contribution in [2.75, 3.05) is 6.54 Å². The van der Waals surface area contributed by atoms with Gasteiger partial charge in [0.25, 0.3) is 0 Å². The molecule has 19 heavy (non-hydrogen) atoms. The first-order valence-corrected chi connectivity index (χ1v) is 8.11. The molecule has 2 atom stereocenters. The molecule has 0 bridgehead atoms. The van der Waals surface area contributed by atoms with Gasteiger partial charge in [0.1, 0.15) is 4.75 Å². The maximum absolute atomic E-state index is 12.4. The van der Waals surface area contributed by atoms with Gasteiger partial charge in [0.2, 0.25) is 10.0 Å². The summed E-state index contributed by atoms with van der Waals surface area (Å²) in [5.74, 6) is -0.0583. The van der Waals surface area contributed by atoms with Crippen molar-refractivity contribution in [2.24, 2.45) is 5.92 Å². The van der Waals surface area contributed by atoms with Gasteiger partial charge in [0.05, 0.1) is 6.07 Å². The van der Waals surface area contributed by atoms with Gasteiger partial charge in [-0.3, -0.25) is 0 Å². The third-order valence-corrected chi connectivity index (χ3v) is 6.03. The van der Waals surface area contributed by atoms with Crippen LogP contribution in [0.25, 0.3) is 0 Å². The number of hydrogen-bond donors (Lipinski definition) is 1. The quantitative estimate of drug-likeness (QED) is 0.761. The van der Waals surface area contributed by atoms with Crippen LogP contribution < -0.4 is 4.72 Å². The Morgan fingerprint density at radius 1 is 1.53 bits per heavy atom. The molecular formula is C14H22N2O2S. The average molecular weight is 282 g/mol. The van der Waals surface area contributed by atoms with Gasteiger partial charge in [0.15, 0.2) is 0 Å². The van der Waals surface area contributed by atoms with E-state index in [1.54, 1.807) is 13.0 Å². The molecule has 0 aromatic heterocycles. The summed E-state index contributed by atoms with van der Waals surface area (Å²) < 4.78 is 26.5. The van der Waals surface area contributed by atoms with E-state index in [4.69, 9.17) is 5.26 Å². The van der Waals surface area contributed by atoms with Gasteiger partial charge in [-0.15, -0.1) is 0 Å². The molecule has 0 saturated carbocycles. The third-order valence-electron chi connectivity index (χ3n) is 3.80. The lowest BCUT2D eigenvalue weighted by Crippen LogP contribution is -2.48. The smallest absolute Gasteiger partial charge is 0.213 e. The van der Waals surface area contributed by atoms with E-state index in [2.05, 4.69) is 11.6 Å². The summed E-state index contributed by atoms with van der Waals surface area (Å²) >= 11 is 0. The van der Waals surface area contributed by atoms with E-state index in [9.17, 15) is 8.42 Å². The zero-order valence-corrected chi connectivity index (χ0v) is 12.6. The average Bonchev–Trinajstić information content (AvgIpc) is 2.35. The molecule has 0 saturated heterocycles. The van der Waals surface area contributed by atoms with E-state index >= 15 is 0 Å². The zero-order chi connectivity index (χ0) is 14.5. The predicted molar refractivity (Wildman–Crippen MR) is 76.9 cm³/mol. The summed E-state index contributed by atoms with van der Waals surface area (Å²) in [4.78, 5) is 0. The summed E-state index contributed by atoms with van der Waals surface area (Å²) in [6.07, 6.45) is 7.68. The van der Waals surface area contributed by atoms with Gasteiger partial charge in [0, 0.05) is 18.9 Å². The van der Waals surface area contributed by atoms with E-state index in [1.807, 2.05) is 25.1 Å². The Hall–Kier alpha value is -1.12. The molecule has 0 amide bonds. The molecule has 1 aliphatic carbocycles. The number of rotatable bonds is 6. The third kappa shape index (κ3) is 3.26. The molecule has 2 unspecified atom stereocenters. The molecule has 1 N–H and O–H groups in total. The van der Waals surface area contributed by atoms with E-state index in [0.717, 1.165) is 18.4 Å². The molecule has 0 spiro atoms. The molecule has 106 valence electrons. The summed E-state index contributed by atoms with van der Waals surface area (Å²) in [7, 11) is -3.48. The van der Waals surface area contributed by atoms with Crippen LogP contribution in [0.5, 0.6) is 0 Å². The van der Waals surface area contributed by atoms with Crippen molar-refractivity contribution >= 4 is 10.0 Å². The van der Waals surface area contributed by atoms with E-state index in [1.165, 1.54) is 0 Å². The second-order valence-electron chi connectivity index (χ2n) is 5.06. The van der Waals surface area contributed by atoms with Crippen molar-refractivity contribution in [1.29, 1.82) is 5.26 Å². The Bertz CT molecular complexity index is 514. The number of nitrogens with one attached hydrogen (secondary N) is 1. The van der Waals surface area contributed by atoms with Crippen LogP contribution in [0.15, 0.2) is 23.8 Å². The number of sulfonamides is 1. The Morgan fingerprint density at radius 3 is 2.79 bits per heavy atom. The Balaban J connectivity index is 2.95. The fourth-order valence-corrected chi connectivity index (χ4v) is 3.88. The van der Waals surface area contributed by atoms with Crippen LogP contribution in [0.4, 0.5) is 0 Å². The van der Waals surface area contributed by atoms with Crippen molar-refractivity contribution in [1.82, 2.24) is 4.72 Å². The minimum atomic E-state index is -3.48. The fourth-order valence-electron chi connectivity index (χ4n) is 2.33. The lowest BCUT2D eigenvalue weighted by molar-refractivity contribution is 0.479. The summed E-state index contributed by atoms with van der Waals surface area (Å²) in [5.41, 5.74) is 1.16. The summed E-state index contributed by atoms with van der Waals surface area (Å²) in [5, 5.41) is 8.49. The number of hydrogen-bond acceptors (Lipinski definition) is 3. The Morgan fingerprint density at radius 2 is 2.21 bits per heavy atom. The maximum atomic E-state index is 12.4. The first-order chi connectivity index (χ1) is 8.89. The van der Waals surface area contributed by atoms with E-state index in [0.29, 0.717) is 0 Å². The first kappa shape index (κ1) is 15.9. The number of nitrogens with zero attached hydrogens (tertiary/aromatic N) is 1. The van der Waals surface area contributed by atoms with Crippen LogP contribution in [0, 0.1) is 17.2 Å². The zero-order valence-electron chi connectivity index (χ0n) is 11.8. The van der Waals surface area contributed by atoms with Gasteiger partial charge in [-0.1, -0.05) is 44.1 Å². The highest BCUT2D eigenvalue weighted by atomic mass is 32.2. The van der Waals surface area contributed by atoms with Crippen molar-refractivity contribution < 1.29 is 8.42 Å². The number of nitriles is 1. The van der Waals surface area contributed by atoms with Gasteiger partial charge in [-0.05, 0) is 13.3 Å². The van der Waals surface area contributed by atoms with Crippen molar-refractivity contribution in [3.8, 4) is 6.07 Å². The molecule has 4 nitrogen and oxygen atoms in total. The van der Waals surface area contributed by atoms with Crippen LogP contribution in [0.1, 0.15) is 40.0 Å². The molecule has 0 aromatic rings. The van der Waals surface area contributed by atoms with Gasteiger partial charge in [-0.25, -0.2) is 13.1 Å². The molecule has 0 fully saturated rings. The maximum Gasteiger partial charge on any atom is 0.221 e. The SMILES string of the molecule is CCCC1=CC=CC(C)(S(=O)(=O)NCCC#N)C1C. The standard InChI is InChI=1S/C14H22N2O2S/c1-4-7-13-8-5-9-14(3,12(13)2)19(17,18)16-11-6-10-15/h5,8-9,12,16H,4,6-7,11H2,1-3H3. The van der Waals surface area contributed by atoms with Crippen LogP contribution >= 0.6 is 0 Å². The molecule has 1 aliphatic rings. The van der Waals surface area contributed by atoms with Crippen molar-refractivity contribution in [3.63, 3.8) is 0 Å². The normalized spacial score (nSPS) is 26.8. The predicted octanol–water partition coefficient (Wildman–Crippen LogP) is 2.51. The number of allylic oxidation sites excluding steroid dienone is 3. The van der Waals surface area contributed by atoms with Crippen LogP contribution in [0.2, 0.25) is 0 Å². The van der Waals surface area contributed by atoms with Gasteiger partial charge >= 0.3 is 0 Å². The Kier molecular flexibility index (Phi) is 5.33. The lowest BCUT2D eigenvalue weighted by atomic mass is 9.82. The molecule has 0 aliphatic heterocycles. The molecular weight excluding hydrogens is 260 g/mol. The minimum absolute atomic E-state index is 0.0583. The van der Waals surface area contributed by atoms with Crippen LogP contribution in [-0.2, 0) is 10.0 Å². The second-order valence-corrected chi connectivity index (χ2v) is 7.24. The van der Waals surface area contributed by atoms with Crippen molar-refractivity contribution in [2.45, 2.75) is 44.8 Å². The molecule has 0 heterocycles. The lowest BCUT2D eigenvalue weighted by Gasteiger charge is -2.36. The summed E-state index contributed by atoms with van der Waals surface area (Å²) in [6.45, 7) is 5.95. The highest BCUT2D eigenvalue weighted by Crippen LogP contribution is 2.37. The van der Waals surface area contributed by atoms with E-state index < -0.39 is 14.8 Å². The van der Waals surface area contributed by atoms with Gasteiger partial charge in [-0.2, -0.15) is 5.26 Å². The monoisotopic (exact) mass is 282 g/mol. The van der Waals surface area contributed by atoms with Gasteiger partial charge < -0.3 is 0 Å². The van der Waals surface area contributed by atoms with Crippen LogP contribution in [0.3, 0.4) is 0 Å². The fraction of sp³-hybridized carbons (Fsp3) is 0.643. The van der Waals surface area contributed by atoms with Crippen molar-refractivity contribution in [3.05, 3.63) is 23.8 Å². The molecule has 5 heteroatoms. The topological polar surface area (TPSA) is 70.0 Å². The Labute approximate surface area is 116 Å². The first-order valence-electron chi connectivity index (χ1n) is 6.63. The largest absolute Gasteiger partial charge is 0.221 e. The molecule has 1 rings (SSSR count). The molecule has 0 radical (unpaired) electrons. The summed E-state index contributed by atoms with van der Waals surface area (Å²) in [6, 6.07) is 1.94. The minimum Gasteiger partial charge on any atom is -0.213 e.